The lowest BCUT2D eigenvalue weighted by atomic mass is 10.0. The van der Waals surface area contributed by atoms with E-state index in [1.807, 2.05) is 12.1 Å². The van der Waals surface area contributed by atoms with E-state index in [9.17, 15) is 0 Å². The van der Waals surface area contributed by atoms with E-state index in [0.717, 1.165) is 29.9 Å². The van der Waals surface area contributed by atoms with Crippen LogP contribution in [0.4, 0.5) is 0 Å². The molecule has 2 unspecified atom stereocenters. The smallest absolute Gasteiger partial charge is 0.120 e. The third kappa shape index (κ3) is 3.25. The van der Waals surface area contributed by atoms with Crippen molar-refractivity contribution in [1.29, 1.82) is 0 Å². The van der Waals surface area contributed by atoms with Gasteiger partial charge in [0.1, 0.15) is 5.75 Å². The molecule has 1 aromatic rings. The van der Waals surface area contributed by atoms with E-state index in [1.54, 1.807) is 7.11 Å². The number of nitrogens with zero attached hydrogens (tertiary/aromatic N) is 1. The van der Waals surface area contributed by atoms with E-state index in [-0.39, 0.29) is 0 Å². The molecule has 2 rings (SSSR count). The first-order valence-electron chi connectivity index (χ1n) is 6.40. The predicted molar refractivity (Wildman–Crippen MR) is 77.7 cm³/mol. The molecular weight excluding hydrogens is 292 g/mol. The van der Waals surface area contributed by atoms with Crippen molar-refractivity contribution in [1.82, 2.24) is 4.90 Å². The Morgan fingerprint density at radius 2 is 2.33 bits per heavy atom. The monoisotopic (exact) mass is 312 g/mol. The lowest BCUT2D eigenvalue weighted by Gasteiger charge is -2.18. The number of hydrogen-bond donors (Lipinski definition) is 1. The molecule has 0 spiro atoms. The number of ether oxygens (including phenoxy) is 1. The third-order valence-corrected chi connectivity index (χ3v) is 4.44. The van der Waals surface area contributed by atoms with Gasteiger partial charge in [-0.3, -0.25) is 4.90 Å². The maximum Gasteiger partial charge on any atom is 0.120 e. The molecule has 1 saturated heterocycles. The minimum absolute atomic E-state index is 0.300. The summed E-state index contributed by atoms with van der Waals surface area (Å²) >= 11 is 3.61. The van der Waals surface area contributed by atoms with Crippen molar-refractivity contribution in [3.05, 3.63) is 28.2 Å². The van der Waals surface area contributed by atoms with Gasteiger partial charge in [0.2, 0.25) is 0 Å². The van der Waals surface area contributed by atoms with Gasteiger partial charge in [-0.05, 0) is 43.5 Å². The molecule has 0 saturated carbocycles. The fourth-order valence-corrected chi connectivity index (χ4v) is 2.94. The zero-order valence-corrected chi connectivity index (χ0v) is 12.6. The molecule has 1 heterocycles. The lowest BCUT2D eigenvalue weighted by Crippen LogP contribution is -2.29. The average molecular weight is 313 g/mol. The Hall–Kier alpha value is -0.580. The summed E-state index contributed by atoms with van der Waals surface area (Å²) in [6.45, 7) is 5.34. The highest BCUT2D eigenvalue weighted by Gasteiger charge is 2.25. The molecule has 0 aromatic heterocycles. The standard InChI is InChI=1S/C14H21BrN2O/c1-10(16)11-5-6-17(8-11)9-12-3-4-13(18-2)7-14(12)15/h3-4,7,10-11H,5-6,8-9,16H2,1-2H3. The molecule has 100 valence electrons. The van der Waals surface area contributed by atoms with Crippen LogP contribution in [0.25, 0.3) is 0 Å². The molecule has 4 heteroatoms. The minimum Gasteiger partial charge on any atom is -0.497 e. The topological polar surface area (TPSA) is 38.5 Å². The van der Waals surface area contributed by atoms with E-state index < -0.39 is 0 Å². The van der Waals surface area contributed by atoms with E-state index in [1.165, 1.54) is 12.0 Å². The maximum absolute atomic E-state index is 5.97. The predicted octanol–water partition coefficient (Wildman–Crippen LogP) is 2.63. The number of nitrogens with two attached hydrogens (primary N) is 1. The van der Waals surface area contributed by atoms with Crippen molar-refractivity contribution >= 4 is 15.9 Å². The lowest BCUT2D eigenvalue weighted by molar-refractivity contribution is 0.308. The summed E-state index contributed by atoms with van der Waals surface area (Å²) in [5.74, 6) is 1.53. The first kappa shape index (κ1) is 13.8. The summed E-state index contributed by atoms with van der Waals surface area (Å²) < 4.78 is 6.33. The molecule has 1 fully saturated rings. The van der Waals surface area contributed by atoms with Crippen LogP contribution in [0.15, 0.2) is 22.7 Å². The van der Waals surface area contributed by atoms with Crippen LogP contribution in [0.1, 0.15) is 18.9 Å². The largest absolute Gasteiger partial charge is 0.497 e. The first-order chi connectivity index (χ1) is 8.60. The Kier molecular flexibility index (Phi) is 4.65. The zero-order valence-electron chi connectivity index (χ0n) is 11.0. The van der Waals surface area contributed by atoms with Gasteiger partial charge >= 0.3 is 0 Å². The Bertz CT molecular complexity index is 409. The highest BCUT2D eigenvalue weighted by molar-refractivity contribution is 9.10. The quantitative estimate of drug-likeness (QED) is 0.929. The molecular formula is C14H21BrN2O. The highest BCUT2D eigenvalue weighted by Crippen LogP contribution is 2.26. The molecule has 3 nitrogen and oxygen atoms in total. The molecule has 0 amide bonds. The number of rotatable bonds is 4. The molecule has 2 N–H and O–H groups in total. The Morgan fingerprint density at radius 3 is 2.89 bits per heavy atom. The molecule has 1 aromatic carbocycles. The highest BCUT2D eigenvalue weighted by atomic mass is 79.9. The number of benzene rings is 1. The normalized spacial score (nSPS) is 22.1. The summed E-state index contributed by atoms with van der Waals surface area (Å²) in [4.78, 5) is 2.47. The molecule has 0 aliphatic carbocycles. The minimum atomic E-state index is 0.300. The number of likely N-dealkylation sites (tertiary alicyclic amines) is 1. The van der Waals surface area contributed by atoms with Gasteiger partial charge in [0.05, 0.1) is 7.11 Å². The van der Waals surface area contributed by atoms with Crippen molar-refractivity contribution in [2.75, 3.05) is 20.2 Å². The van der Waals surface area contributed by atoms with Crippen LogP contribution in [0.3, 0.4) is 0 Å². The van der Waals surface area contributed by atoms with Gasteiger partial charge in [-0.2, -0.15) is 0 Å². The first-order valence-corrected chi connectivity index (χ1v) is 7.20. The van der Waals surface area contributed by atoms with Gasteiger partial charge in [0, 0.05) is 23.6 Å². The second-order valence-electron chi connectivity index (χ2n) is 5.10. The number of methoxy groups -OCH3 is 1. The van der Waals surface area contributed by atoms with Gasteiger partial charge in [0.15, 0.2) is 0 Å². The van der Waals surface area contributed by atoms with Gasteiger partial charge < -0.3 is 10.5 Å². The van der Waals surface area contributed by atoms with Gasteiger partial charge in [-0.25, -0.2) is 0 Å². The Balaban J connectivity index is 1.98. The SMILES string of the molecule is COc1ccc(CN2CCC(C(C)N)C2)c(Br)c1. The second kappa shape index (κ2) is 6.04. The van der Waals surface area contributed by atoms with Crippen LogP contribution < -0.4 is 10.5 Å². The van der Waals surface area contributed by atoms with E-state index in [4.69, 9.17) is 10.5 Å². The van der Waals surface area contributed by atoms with Crippen molar-refractivity contribution < 1.29 is 4.74 Å². The Morgan fingerprint density at radius 1 is 1.56 bits per heavy atom. The number of hydrogen-bond acceptors (Lipinski definition) is 3. The number of halogens is 1. The van der Waals surface area contributed by atoms with Crippen molar-refractivity contribution in [3.8, 4) is 5.75 Å². The summed E-state index contributed by atoms with van der Waals surface area (Å²) in [7, 11) is 1.69. The molecule has 18 heavy (non-hydrogen) atoms. The van der Waals surface area contributed by atoms with Crippen LogP contribution in [0.5, 0.6) is 5.75 Å². The van der Waals surface area contributed by atoms with Crippen molar-refractivity contribution in [2.45, 2.75) is 25.9 Å². The van der Waals surface area contributed by atoms with E-state index in [0.29, 0.717) is 12.0 Å². The fourth-order valence-electron chi connectivity index (χ4n) is 2.46. The van der Waals surface area contributed by atoms with Gasteiger partial charge in [-0.1, -0.05) is 22.0 Å². The molecule has 1 aliphatic heterocycles. The summed E-state index contributed by atoms with van der Waals surface area (Å²) in [6, 6.07) is 6.46. The van der Waals surface area contributed by atoms with Crippen LogP contribution in [0, 0.1) is 5.92 Å². The van der Waals surface area contributed by atoms with Crippen LogP contribution in [-0.2, 0) is 6.54 Å². The summed E-state index contributed by atoms with van der Waals surface area (Å²) in [6.07, 6.45) is 1.21. The third-order valence-electron chi connectivity index (χ3n) is 3.71. The van der Waals surface area contributed by atoms with Crippen molar-refractivity contribution in [3.63, 3.8) is 0 Å². The molecule has 0 bridgehead atoms. The maximum atomic E-state index is 5.97. The average Bonchev–Trinajstić information content (AvgIpc) is 2.80. The molecule has 0 radical (unpaired) electrons. The Labute approximate surface area is 117 Å². The van der Waals surface area contributed by atoms with E-state index in [2.05, 4.69) is 33.8 Å². The molecule has 1 aliphatic rings. The fraction of sp³-hybridized carbons (Fsp3) is 0.571. The zero-order chi connectivity index (χ0) is 13.1. The summed E-state index contributed by atoms with van der Waals surface area (Å²) in [5.41, 5.74) is 7.28. The summed E-state index contributed by atoms with van der Waals surface area (Å²) in [5, 5.41) is 0. The molecule has 2 atom stereocenters. The van der Waals surface area contributed by atoms with Crippen LogP contribution in [-0.4, -0.2) is 31.1 Å². The van der Waals surface area contributed by atoms with Gasteiger partial charge in [0.25, 0.3) is 0 Å². The van der Waals surface area contributed by atoms with Gasteiger partial charge in [-0.15, -0.1) is 0 Å². The second-order valence-corrected chi connectivity index (χ2v) is 5.95. The van der Waals surface area contributed by atoms with Crippen molar-refractivity contribution in [2.24, 2.45) is 11.7 Å². The van der Waals surface area contributed by atoms with Crippen LogP contribution >= 0.6 is 15.9 Å². The van der Waals surface area contributed by atoms with Crippen LogP contribution in [0.2, 0.25) is 0 Å². The van der Waals surface area contributed by atoms with E-state index >= 15 is 0 Å².